The molecule has 0 radical (unpaired) electrons. The zero-order valence-electron chi connectivity index (χ0n) is 22.9. The second-order valence-electron chi connectivity index (χ2n) is 10.4. The van der Waals surface area contributed by atoms with Crippen molar-refractivity contribution in [2.75, 3.05) is 19.6 Å². The molecule has 1 atom stereocenters. The number of aliphatic imine (C=N–C) groups is 1. The summed E-state index contributed by atoms with van der Waals surface area (Å²) in [5.41, 5.74) is 5.74. The Kier molecular flexibility index (Phi) is 19.7. The number of allylic oxidation sites excluding steroid dienone is 2. The van der Waals surface area contributed by atoms with Crippen LogP contribution in [0.5, 0.6) is 0 Å². The number of carboxylic acids is 1. The van der Waals surface area contributed by atoms with Gasteiger partial charge in [0, 0.05) is 13.0 Å². The van der Waals surface area contributed by atoms with E-state index in [2.05, 4.69) is 24.1 Å². The Morgan fingerprint density at radius 3 is 1.77 bits per heavy atom. The molecule has 0 spiro atoms. The van der Waals surface area contributed by atoms with Crippen molar-refractivity contribution in [2.45, 2.75) is 135 Å². The molecule has 1 aliphatic heterocycles. The number of nitrogens with zero attached hydrogens (tertiary/aromatic N) is 2. The quantitative estimate of drug-likeness (QED) is 0.0771. The minimum Gasteiger partial charge on any atom is -0.477 e. The first kappa shape index (κ1) is 31.6. The lowest BCUT2D eigenvalue weighted by molar-refractivity contribution is -0.778. The molecule has 1 aliphatic rings. The molecule has 1 unspecified atom stereocenters. The molecule has 5 heteroatoms. The van der Waals surface area contributed by atoms with Gasteiger partial charge in [-0.1, -0.05) is 115 Å². The van der Waals surface area contributed by atoms with Gasteiger partial charge in [-0.25, -0.2) is 14.3 Å². The van der Waals surface area contributed by atoms with Crippen LogP contribution in [0.1, 0.15) is 135 Å². The number of aliphatic carboxylic acids is 1. The van der Waals surface area contributed by atoms with Crippen molar-refractivity contribution in [1.82, 2.24) is 0 Å². The first-order valence-electron chi connectivity index (χ1n) is 14.8. The zero-order chi connectivity index (χ0) is 25.5. The summed E-state index contributed by atoms with van der Waals surface area (Å²) in [6, 6.07) is 0. The van der Waals surface area contributed by atoms with Gasteiger partial charge in [-0.15, -0.1) is 0 Å². The lowest BCUT2D eigenvalue weighted by atomic mass is 10.0. The van der Waals surface area contributed by atoms with Crippen LogP contribution in [0, 0.1) is 0 Å². The third-order valence-corrected chi connectivity index (χ3v) is 7.21. The Morgan fingerprint density at radius 2 is 1.31 bits per heavy atom. The van der Waals surface area contributed by atoms with E-state index in [1.807, 2.05) is 6.20 Å². The predicted molar refractivity (Wildman–Crippen MR) is 150 cm³/mol. The molecule has 0 fully saturated rings. The second kappa shape index (κ2) is 21.8. The highest BCUT2D eigenvalue weighted by Crippen LogP contribution is 2.21. The summed E-state index contributed by atoms with van der Waals surface area (Å²) in [6.45, 7) is 3.33. The van der Waals surface area contributed by atoms with Gasteiger partial charge in [-0.2, -0.15) is 0 Å². The number of nitrogens with two attached hydrogens (primary N) is 1. The van der Waals surface area contributed by atoms with Gasteiger partial charge in [-0.05, 0) is 25.7 Å². The number of rotatable bonds is 25. The van der Waals surface area contributed by atoms with Crippen molar-refractivity contribution in [3.63, 3.8) is 0 Å². The second-order valence-corrected chi connectivity index (χ2v) is 10.4. The van der Waals surface area contributed by atoms with E-state index < -0.39 is 5.97 Å². The van der Waals surface area contributed by atoms with E-state index in [1.54, 1.807) is 6.20 Å². The molecule has 35 heavy (non-hydrogen) atoms. The third kappa shape index (κ3) is 16.0. The fraction of sp³-hybridized carbons (Fsp3) is 0.800. The Labute approximate surface area is 216 Å². The molecule has 0 saturated carbocycles. The van der Waals surface area contributed by atoms with Gasteiger partial charge in [-0.3, -0.25) is 0 Å². The highest BCUT2D eigenvalue weighted by Gasteiger charge is 2.36. The standard InChI is InChI=1S/C30H55N3O2/c1-2-3-4-5-6-7-8-9-10-11-12-13-14-15-16-17-18-19-20-21-22-23-29-32-25-27-33(29,26-24-31)28-30(34)35/h3-4,25,27H,2,5-24,26,28,31H2,1H3/p+1/b4-3+. The van der Waals surface area contributed by atoms with E-state index in [0.717, 1.165) is 18.7 Å². The topological polar surface area (TPSA) is 75.7 Å². The monoisotopic (exact) mass is 490 g/mol. The van der Waals surface area contributed by atoms with Crippen molar-refractivity contribution in [1.29, 1.82) is 0 Å². The van der Waals surface area contributed by atoms with Crippen molar-refractivity contribution >= 4 is 11.8 Å². The van der Waals surface area contributed by atoms with E-state index in [4.69, 9.17) is 5.73 Å². The van der Waals surface area contributed by atoms with Gasteiger partial charge in [0.1, 0.15) is 12.7 Å². The number of carbonyl (C=O) groups is 1. The fourth-order valence-corrected chi connectivity index (χ4v) is 5.12. The minimum absolute atomic E-state index is 0.0456. The lowest BCUT2D eigenvalue weighted by Gasteiger charge is -2.30. The van der Waals surface area contributed by atoms with Gasteiger partial charge in [0.05, 0.1) is 6.20 Å². The average Bonchev–Trinajstić information content (AvgIpc) is 3.21. The van der Waals surface area contributed by atoms with Crippen LogP contribution < -0.4 is 5.73 Å². The van der Waals surface area contributed by atoms with Crippen LogP contribution in [0.4, 0.5) is 0 Å². The lowest BCUT2D eigenvalue weighted by Crippen LogP contribution is -2.52. The molecule has 5 nitrogen and oxygen atoms in total. The minimum atomic E-state index is -0.797. The molecule has 1 rings (SSSR count). The van der Waals surface area contributed by atoms with E-state index in [0.29, 0.717) is 17.6 Å². The van der Waals surface area contributed by atoms with Crippen molar-refractivity contribution in [3.8, 4) is 0 Å². The predicted octanol–water partition coefficient (Wildman–Crippen LogP) is 8.11. The molecule has 1 heterocycles. The molecule has 202 valence electrons. The van der Waals surface area contributed by atoms with E-state index in [-0.39, 0.29) is 6.54 Å². The molecular weight excluding hydrogens is 434 g/mol. The molecule has 0 bridgehead atoms. The maximum atomic E-state index is 11.3. The molecule has 0 aliphatic carbocycles. The molecule has 0 amide bonds. The summed E-state index contributed by atoms with van der Waals surface area (Å²) in [7, 11) is 0. The first-order valence-corrected chi connectivity index (χ1v) is 14.8. The summed E-state index contributed by atoms with van der Waals surface area (Å²) in [5.74, 6) is 0.169. The Bertz CT molecular complexity index is 615. The van der Waals surface area contributed by atoms with Crippen LogP contribution in [0.15, 0.2) is 29.5 Å². The van der Waals surface area contributed by atoms with Crippen LogP contribution >= 0.6 is 0 Å². The summed E-state index contributed by atoms with van der Waals surface area (Å²) >= 11 is 0. The largest absolute Gasteiger partial charge is 0.477 e. The Morgan fingerprint density at radius 1 is 0.829 bits per heavy atom. The van der Waals surface area contributed by atoms with Gasteiger partial charge in [0.2, 0.25) is 5.84 Å². The summed E-state index contributed by atoms with van der Waals surface area (Å²) in [6.07, 6.45) is 34.7. The van der Waals surface area contributed by atoms with Gasteiger partial charge < -0.3 is 10.8 Å². The molecule has 0 aromatic rings. The van der Waals surface area contributed by atoms with Crippen LogP contribution in [-0.4, -0.2) is 41.0 Å². The number of hydrogen-bond donors (Lipinski definition) is 2. The summed E-state index contributed by atoms with van der Waals surface area (Å²) < 4.78 is 0.309. The van der Waals surface area contributed by atoms with Crippen molar-refractivity contribution < 1.29 is 14.4 Å². The molecule has 3 N–H and O–H groups in total. The third-order valence-electron chi connectivity index (χ3n) is 7.21. The number of carboxylic acid groups (broad SMARTS) is 1. The SMILES string of the molecule is CC/C=C/CCCCCCCCCCCCCCCCCCCC1=NC=C[N+]1(CCN)CC(=O)O. The van der Waals surface area contributed by atoms with E-state index in [9.17, 15) is 9.90 Å². The molecular formula is C30H56N3O2+. The highest BCUT2D eigenvalue weighted by atomic mass is 16.4. The van der Waals surface area contributed by atoms with Gasteiger partial charge in [0.25, 0.3) is 0 Å². The number of amidine groups is 1. The summed E-state index contributed by atoms with van der Waals surface area (Å²) in [5, 5.41) is 9.28. The summed E-state index contributed by atoms with van der Waals surface area (Å²) in [4.78, 5) is 15.8. The molecule has 0 saturated heterocycles. The van der Waals surface area contributed by atoms with Gasteiger partial charge in [0.15, 0.2) is 6.54 Å². The molecule has 0 aromatic heterocycles. The maximum Gasteiger partial charge on any atom is 0.360 e. The number of hydrogen-bond acceptors (Lipinski definition) is 3. The maximum absolute atomic E-state index is 11.3. The van der Waals surface area contributed by atoms with Crippen molar-refractivity contribution in [3.05, 3.63) is 24.6 Å². The van der Waals surface area contributed by atoms with Crippen LogP contribution in [-0.2, 0) is 4.79 Å². The van der Waals surface area contributed by atoms with Crippen LogP contribution in [0.25, 0.3) is 0 Å². The zero-order valence-corrected chi connectivity index (χ0v) is 22.9. The average molecular weight is 491 g/mol. The smallest absolute Gasteiger partial charge is 0.360 e. The highest BCUT2D eigenvalue weighted by molar-refractivity contribution is 5.81. The van der Waals surface area contributed by atoms with Crippen molar-refractivity contribution in [2.24, 2.45) is 10.7 Å². The van der Waals surface area contributed by atoms with Crippen LogP contribution in [0.3, 0.4) is 0 Å². The first-order chi connectivity index (χ1) is 17.1. The normalized spacial score (nSPS) is 17.5. The fourth-order valence-electron chi connectivity index (χ4n) is 5.12. The van der Waals surface area contributed by atoms with Crippen LogP contribution in [0.2, 0.25) is 0 Å². The Balaban J connectivity index is 1.86. The van der Waals surface area contributed by atoms with E-state index in [1.165, 1.54) is 116 Å². The van der Waals surface area contributed by atoms with Gasteiger partial charge >= 0.3 is 5.97 Å². The van der Waals surface area contributed by atoms with E-state index >= 15 is 0 Å². The Hall–Kier alpha value is -1.46. The molecule has 0 aromatic carbocycles. The number of unbranched alkanes of at least 4 members (excludes halogenated alkanes) is 17. The number of quaternary nitrogens is 1.